The van der Waals surface area contributed by atoms with E-state index in [1.807, 2.05) is 20.8 Å². The van der Waals surface area contributed by atoms with Crippen LogP contribution in [0.5, 0.6) is 0 Å². The predicted molar refractivity (Wildman–Crippen MR) is 90.6 cm³/mol. The van der Waals surface area contributed by atoms with Crippen molar-refractivity contribution in [3.63, 3.8) is 0 Å². The highest BCUT2D eigenvalue weighted by Gasteiger charge is 2.30. The number of nitrogens with zero attached hydrogens (tertiary/aromatic N) is 4. The van der Waals surface area contributed by atoms with E-state index in [-0.39, 0.29) is 17.7 Å². The fraction of sp³-hybridized carbons (Fsp3) is 0.529. The minimum absolute atomic E-state index is 0.133. The van der Waals surface area contributed by atoms with Gasteiger partial charge in [-0.05, 0) is 45.7 Å². The Hall–Kier alpha value is -2.64. The van der Waals surface area contributed by atoms with Crippen LogP contribution in [0.2, 0.25) is 0 Å². The Bertz CT molecular complexity index is 809. The molecule has 0 radical (unpaired) electrons. The molecule has 0 bridgehead atoms. The van der Waals surface area contributed by atoms with Gasteiger partial charge in [0.25, 0.3) is 0 Å². The highest BCUT2D eigenvalue weighted by molar-refractivity contribution is 6.00. The summed E-state index contributed by atoms with van der Waals surface area (Å²) < 4.78 is 7.07. The molecule has 2 heterocycles. The highest BCUT2D eigenvalue weighted by Crippen LogP contribution is 2.27. The van der Waals surface area contributed by atoms with Crippen molar-refractivity contribution in [3.05, 3.63) is 23.8 Å². The summed E-state index contributed by atoms with van der Waals surface area (Å²) in [6.45, 7) is 6.52. The zero-order valence-corrected chi connectivity index (χ0v) is 14.6. The van der Waals surface area contributed by atoms with E-state index in [1.165, 1.54) is 0 Å². The molecule has 8 heteroatoms. The summed E-state index contributed by atoms with van der Waals surface area (Å²) in [6, 6.07) is 4.80. The van der Waals surface area contributed by atoms with E-state index in [4.69, 9.17) is 4.74 Å². The van der Waals surface area contributed by atoms with Gasteiger partial charge in [-0.15, -0.1) is 5.10 Å². The van der Waals surface area contributed by atoms with Crippen LogP contribution in [0.25, 0.3) is 11.0 Å². The Balaban J connectivity index is 1.88. The number of para-hydroxylation sites is 1. The van der Waals surface area contributed by atoms with Crippen molar-refractivity contribution >= 4 is 23.1 Å². The maximum Gasteiger partial charge on any atom is 0.410 e. The van der Waals surface area contributed by atoms with E-state index in [1.54, 1.807) is 27.8 Å². The first kappa shape index (κ1) is 17.2. The lowest BCUT2D eigenvalue weighted by Gasteiger charge is -2.34. The van der Waals surface area contributed by atoms with E-state index in [0.717, 1.165) is 12.8 Å². The SMILES string of the molecule is CC(C)(C)OC(=O)N1CCCC(n2nnc3cccc(C(=O)O)c32)C1. The molecule has 1 aliphatic heterocycles. The monoisotopic (exact) mass is 346 g/mol. The molecule has 1 N–H and O–H groups in total. The van der Waals surface area contributed by atoms with Gasteiger partial charge in [0.05, 0.1) is 11.6 Å². The average Bonchev–Trinajstić information content (AvgIpc) is 2.97. The minimum Gasteiger partial charge on any atom is -0.478 e. The molecule has 3 rings (SSSR count). The number of rotatable bonds is 2. The largest absolute Gasteiger partial charge is 0.478 e. The molecule has 0 saturated carbocycles. The van der Waals surface area contributed by atoms with Crippen molar-refractivity contribution in [2.45, 2.75) is 45.3 Å². The fourth-order valence-corrected chi connectivity index (χ4v) is 3.07. The van der Waals surface area contributed by atoms with Crippen LogP contribution >= 0.6 is 0 Å². The molecule has 2 aromatic rings. The van der Waals surface area contributed by atoms with Crippen molar-refractivity contribution in [2.75, 3.05) is 13.1 Å². The van der Waals surface area contributed by atoms with Gasteiger partial charge in [-0.1, -0.05) is 11.3 Å². The number of amides is 1. The van der Waals surface area contributed by atoms with Gasteiger partial charge in [0.1, 0.15) is 16.6 Å². The van der Waals surface area contributed by atoms with Crippen LogP contribution in [0.4, 0.5) is 4.79 Å². The molecule has 1 saturated heterocycles. The number of carbonyl (C=O) groups excluding carboxylic acids is 1. The summed E-state index contributed by atoms with van der Waals surface area (Å²) >= 11 is 0. The van der Waals surface area contributed by atoms with Crippen molar-refractivity contribution in [2.24, 2.45) is 0 Å². The summed E-state index contributed by atoms with van der Waals surface area (Å²) in [5.41, 5.74) is 0.637. The second-order valence-corrected chi connectivity index (χ2v) is 7.23. The summed E-state index contributed by atoms with van der Waals surface area (Å²) in [6.07, 6.45) is 1.23. The Morgan fingerprint density at radius 2 is 2.08 bits per heavy atom. The Labute approximate surface area is 145 Å². The number of hydrogen-bond donors (Lipinski definition) is 1. The number of carboxylic acids is 1. The number of ether oxygens (including phenoxy) is 1. The molecule has 25 heavy (non-hydrogen) atoms. The molecule has 1 aliphatic rings. The van der Waals surface area contributed by atoms with E-state index in [9.17, 15) is 14.7 Å². The molecule has 1 unspecified atom stereocenters. The standard InChI is InChI=1S/C17H22N4O4/c1-17(2,3)25-16(24)20-9-5-6-11(10-20)21-14-12(15(22)23)7-4-8-13(14)18-19-21/h4,7-8,11H,5-6,9-10H2,1-3H3,(H,22,23). The Morgan fingerprint density at radius 1 is 1.32 bits per heavy atom. The van der Waals surface area contributed by atoms with Crippen molar-refractivity contribution < 1.29 is 19.4 Å². The number of aromatic carboxylic acids is 1. The van der Waals surface area contributed by atoms with Crippen LogP contribution in [0.15, 0.2) is 18.2 Å². The molecule has 1 fully saturated rings. The first-order valence-corrected chi connectivity index (χ1v) is 8.31. The summed E-state index contributed by atoms with van der Waals surface area (Å²) in [5, 5.41) is 17.7. The smallest absolute Gasteiger partial charge is 0.410 e. The van der Waals surface area contributed by atoms with E-state index in [2.05, 4.69) is 10.3 Å². The van der Waals surface area contributed by atoms with Gasteiger partial charge in [0.15, 0.2) is 0 Å². The quantitative estimate of drug-likeness (QED) is 0.898. The molecule has 1 amide bonds. The molecule has 1 atom stereocenters. The van der Waals surface area contributed by atoms with Crippen molar-refractivity contribution in [1.29, 1.82) is 0 Å². The number of likely N-dealkylation sites (tertiary alicyclic amines) is 1. The number of aromatic nitrogens is 3. The van der Waals surface area contributed by atoms with E-state index < -0.39 is 11.6 Å². The number of hydrogen-bond acceptors (Lipinski definition) is 5. The molecular formula is C17H22N4O4. The number of benzene rings is 1. The first-order valence-electron chi connectivity index (χ1n) is 8.31. The average molecular weight is 346 g/mol. The van der Waals surface area contributed by atoms with Gasteiger partial charge in [-0.2, -0.15) is 0 Å². The summed E-state index contributed by atoms with van der Waals surface area (Å²) in [7, 11) is 0. The normalized spacial score (nSPS) is 18.4. The Morgan fingerprint density at radius 3 is 2.76 bits per heavy atom. The molecule has 0 spiro atoms. The molecule has 8 nitrogen and oxygen atoms in total. The van der Waals surface area contributed by atoms with Crippen LogP contribution in [0.3, 0.4) is 0 Å². The van der Waals surface area contributed by atoms with Crippen molar-refractivity contribution in [3.8, 4) is 0 Å². The van der Waals surface area contributed by atoms with Gasteiger partial charge >= 0.3 is 12.1 Å². The van der Waals surface area contributed by atoms with Gasteiger partial charge < -0.3 is 14.7 Å². The maximum absolute atomic E-state index is 12.3. The van der Waals surface area contributed by atoms with Gasteiger partial charge in [0.2, 0.25) is 0 Å². The lowest BCUT2D eigenvalue weighted by molar-refractivity contribution is 0.0168. The number of carbonyl (C=O) groups is 2. The van der Waals surface area contributed by atoms with Crippen LogP contribution in [-0.2, 0) is 4.74 Å². The molecule has 0 aliphatic carbocycles. The molecule has 1 aromatic heterocycles. The highest BCUT2D eigenvalue weighted by atomic mass is 16.6. The second-order valence-electron chi connectivity index (χ2n) is 7.23. The van der Waals surface area contributed by atoms with Gasteiger partial charge in [-0.3, -0.25) is 0 Å². The van der Waals surface area contributed by atoms with E-state index in [0.29, 0.717) is 24.1 Å². The zero-order chi connectivity index (χ0) is 18.2. The predicted octanol–water partition coefficient (Wildman–Crippen LogP) is 2.70. The third-order valence-corrected chi connectivity index (χ3v) is 4.12. The lowest BCUT2D eigenvalue weighted by atomic mass is 10.1. The minimum atomic E-state index is -1.02. The fourth-order valence-electron chi connectivity index (χ4n) is 3.07. The van der Waals surface area contributed by atoms with Gasteiger partial charge in [0, 0.05) is 13.1 Å². The summed E-state index contributed by atoms with van der Waals surface area (Å²) in [4.78, 5) is 25.5. The third-order valence-electron chi connectivity index (χ3n) is 4.12. The zero-order valence-electron chi connectivity index (χ0n) is 14.6. The van der Waals surface area contributed by atoms with E-state index >= 15 is 0 Å². The topological polar surface area (TPSA) is 97.5 Å². The van der Waals surface area contributed by atoms with Crippen LogP contribution in [0, 0.1) is 0 Å². The van der Waals surface area contributed by atoms with Crippen LogP contribution in [0.1, 0.15) is 50.0 Å². The first-order chi connectivity index (χ1) is 11.8. The maximum atomic E-state index is 12.3. The van der Waals surface area contributed by atoms with Crippen LogP contribution < -0.4 is 0 Å². The number of carboxylic acid groups (broad SMARTS) is 1. The molecule has 134 valence electrons. The summed E-state index contributed by atoms with van der Waals surface area (Å²) in [5.74, 6) is -1.02. The van der Waals surface area contributed by atoms with Crippen molar-refractivity contribution in [1.82, 2.24) is 19.9 Å². The van der Waals surface area contributed by atoms with Crippen LogP contribution in [-0.4, -0.2) is 55.8 Å². The lowest BCUT2D eigenvalue weighted by Crippen LogP contribution is -2.43. The van der Waals surface area contributed by atoms with Gasteiger partial charge in [-0.25, -0.2) is 14.3 Å². The Kier molecular flexibility index (Phi) is 4.36. The second kappa shape index (κ2) is 6.34. The number of piperidine rings is 1. The molecular weight excluding hydrogens is 324 g/mol. The third kappa shape index (κ3) is 3.57. The molecule has 1 aromatic carbocycles. The number of fused-ring (bicyclic) bond motifs is 1.